The van der Waals surface area contributed by atoms with Crippen LogP contribution in [0.3, 0.4) is 0 Å². The van der Waals surface area contributed by atoms with E-state index in [0.717, 1.165) is 18.5 Å². The molecule has 1 heterocycles. The third-order valence-corrected chi connectivity index (χ3v) is 3.30. The number of hydrogen-bond donors (Lipinski definition) is 1. The van der Waals surface area contributed by atoms with Gasteiger partial charge in [-0.2, -0.15) is 0 Å². The molecule has 0 aliphatic rings. The second-order valence-electron chi connectivity index (χ2n) is 6.14. The van der Waals surface area contributed by atoms with Gasteiger partial charge in [0.25, 0.3) is 0 Å². The Kier molecular flexibility index (Phi) is 4.56. The summed E-state index contributed by atoms with van der Waals surface area (Å²) in [5.41, 5.74) is 2.40. The number of nitrogens with zero attached hydrogens (tertiary/aromatic N) is 2. The monoisotopic (exact) mass is 287 g/mol. The first-order chi connectivity index (χ1) is 9.91. The van der Waals surface area contributed by atoms with Crippen molar-refractivity contribution in [3.8, 4) is 11.3 Å². The highest BCUT2D eigenvalue weighted by Gasteiger charge is 2.14. The summed E-state index contributed by atoms with van der Waals surface area (Å²) in [5.74, 6) is 0.0636. The molecule has 2 aromatic rings. The summed E-state index contributed by atoms with van der Waals surface area (Å²) < 4.78 is 14.0. The number of rotatable bonds is 4. The third kappa shape index (κ3) is 3.78. The summed E-state index contributed by atoms with van der Waals surface area (Å²) in [6, 6.07) is 7.87. The molecule has 0 bridgehead atoms. The lowest BCUT2D eigenvalue weighted by atomic mass is 9.86. The second-order valence-corrected chi connectivity index (χ2v) is 6.14. The van der Waals surface area contributed by atoms with Crippen molar-refractivity contribution in [3.63, 3.8) is 0 Å². The van der Waals surface area contributed by atoms with Gasteiger partial charge in [0.05, 0.1) is 6.20 Å². The van der Waals surface area contributed by atoms with Crippen LogP contribution in [0.1, 0.15) is 39.7 Å². The number of halogens is 1. The van der Waals surface area contributed by atoms with Crippen molar-refractivity contribution in [2.24, 2.45) is 0 Å². The van der Waals surface area contributed by atoms with Gasteiger partial charge in [-0.25, -0.2) is 14.4 Å². The van der Waals surface area contributed by atoms with E-state index in [2.05, 4.69) is 43.0 Å². The summed E-state index contributed by atoms with van der Waals surface area (Å²) in [4.78, 5) is 8.24. The SMILES string of the molecule is CCCNc1ncc(F)c(-c2ccc(C(C)(C)C)cc2)n1. The average molecular weight is 287 g/mol. The van der Waals surface area contributed by atoms with Crippen molar-refractivity contribution in [1.29, 1.82) is 0 Å². The molecule has 0 saturated carbocycles. The van der Waals surface area contributed by atoms with E-state index in [1.807, 2.05) is 24.3 Å². The van der Waals surface area contributed by atoms with Crippen LogP contribution in [0.25, 0.3) is 11.3 Å². The molecule has 4 heteroatoms. The molecule has 0 aliphatic carbocycles. The van der Waals surface area contributed by atoms with Crippen molar-refractivity contribution in [3.05, 3.63) is 41.8 Å². The summed E-state index contributed by atoms with van der Waals surface area (Å²) in [6.45, 7) is 9.29. The highest BCUT2D eigenvalue weighted by Crippen LogP contribution is 2.26. The highest BCUT2D eigenvalue weighted by molar-refractivity contribution is 5.61. The van der Waals surface area contributed by atoms with Gasteiger partial charge in [0.1, 0.15) is 5.69 Å². The maximum atomic E-state index is 14.0. The molecule has 0 atom stereocenters. The molecule has 21 heavy (non-hydrogen) atoms. The van der Waals surface area contributed by atoms with E-state index in [4.69, 9.17) is 0 Å². The zero-order chi connectivity index (χ0) is 15.5. The quantitative estimate of drug-likeness (QED) is 0.905. The Morgan fingerprint density at radius 2 is 1.81 bits per heavy atom. The molecule has 1 aromatic carbocycles. The fraction of sp³-hybridized carbons (Fsp3) is 0.412. The van der Waals surface area contributed by atoms with Gasteiger partial charge in [0.15, 0.2) is 5.82 Å². The van der Waals surface area contributed by atoms with Gasteiger partial charge < -0.3 is 5.32 Å². The molecule has 0 aliphatic heterocycles. The lowest BCUT2D eigenvalue weighted by Gasteiger charge is -2.19. The van der Waals surface area contributed by atoms with Gasteiger partial charge in [0.2, 0.25) is 5.95 Å². The maximum Gasteiger partial charge on any atom is 0.223 e. The van der Waals surface area contributed by atoms with E-state index in [0.29, 0.717) is 11.6 Å². The minimum Gasteiger partial charge on any atom is -0.354 e. The standard InChI is InChI=1S/C17H22FN3/c1-5-10-19-16-20-11-14(18)15(21-16)12-6-8-13(9-7-12)17(2,3)4/h6-9,11H,5,10H2,1-4H3,(H,19,20,21). The van der Waals surface area contributed by atoms with E-state index in [-0.39, 0.29) is 5.41 Å². The normalized spacial score (nSPS) is 11.5. The molecule has 0 radical (unpaired) electrons. The fourth-order valence-electron chi connectivity index (χ4n) is 2.02. The van der Waals surface area contributed by atoms with Crippen molar-refractivity contribution in [2.45, 2.75) is 39.5 Å². The Hall–Kier alpha value is -1.97. The molecule has 112 valence electrons. The molecule has 0 amide bonds. The van der Waals surface area contributed by atoms with E-state index < -0.39 is 5.82 Å². The topological polar surface area (TPSA) is 37.8 Å². The van der Waals surface area contributed by atoms with Crippen molar-refractivity contribution in [1.82, 2.24) is 9.97 Å². The highest BCUT2D eigenvalue weighted by atomic mass is 19.1. The summed E-state index contributed by atoms with van der Waals surface area (Å²) in [5, 5.41) is 3.08. The molecule has 0 fully saturated rings. The molecule has 1 N–H and O–H groups in total. The summed E-state index contributed by atoms with van der Waals surface area (Å²) in [7, 11) is 0. The Morgan fingerprint density at radius 3 is 2.38 bits per heavy atom. The first kappa shape index (κ1) is 15.4. The van der Waals surface area contributed by atoms with Crippen molar-refractivity contribution < 1.29 is 4.39 Å². The van der Waals surface area contributed by atoms with Gasteiger partial charge in [-0.05, 0) is 17.4 Å². The van der Waals surface area contributed by atoms with Crippen LogP contribution in [-0.4, -0.2) is 16.5 Å². The van der Waals surface area contributed by atoms with Crippen LogP contribution in [0, 0.1) is 5.82 Å². The first-order valence-corrected chi connectivity index (χ1v) is 7.29. The van der Waals surface area contributed by atoms with Crippen LogP contribution < -0.4 is 5.32 Å². The van der Waals surface area contributed by atoms with E-state index in [9.17, 15) is 4.39 Å². The third-order valence-electron chi connectivity index (χ3n) is 3.30. The molecule has 0 saturated heterocycles. The van der Waals surface area contributed by atoms with E-state index in [1.165, 1.54) is 11.8 Å². The van der Waals surface area contributed by atoms with Gasteiger partial charge >= 0.3 is 0 Å². The Morgan fingerprint density at radius 1 is 1.14 bits per heavy atom. The van der Waals surface area contributed by atoms with Crippen LogP contribution in [0.5, 0.6) is 0 Å². The minimum atomic E-state index is -0.402. The van der Waals surface area contributed by atoms with Gasteiger partial charge in [-0.3, -0.25) is 0 Å². The molecule has 0 spiro atoms. The largest absolute Gasteiger partial charge is 0.354 e. The number of anilines is 1. The number of hydrogen-bond acceptors (Lipinski definition) is 3. The lowest BCUT2D eigenvalue weighted by Crippen LogP contribution is -2.10. The molecule has 2 rings (SSSR count). The Labute approximate surface area is 125 Å². The summed E-state index contributed by atoms with van der Waals surface area (Å²) in [6.07, 6.45) is 2.19. The predicted octanol–water partition coefficient (Wildman–Crippen LogP) is 4.40. The van der Waals surface area contributed by atoms with E-state index in [1.54, 1.807) is 0 Å². The Balaban J connectivity index is 2.32. The van der Waals surface area contributed by atoms with Crippen LogP contribution >= 0.6 is 0 Å². The molecular weight excluding hydrogens is 265 g/mol. The predicted molar refractivity (Wildman–Crippen MR) is 84.9 cm³/mol. The van der Waals surface area contributed by atoms with Gasteiger partial charge in [-0.1, -0.05) is 52.0 Å². The lowest BCUT2D eigenvalue weighted by molar-refractivity contribution is 0.590. The molecule has 0 unspecified atom stereocenters. The molecular formula is C17H22FN3. The molecule has 1 aromatic heterocycles. The van der Waals surface area contributed by atoms with Crippen LogP contribution in [-0.2, 0) is 5.41 Å². The zero-order valence-corrected chi connectivity index (χ0v) is 13.1. The minimum absolute atomic E-state index is 0.0799. The maximum absolute atomic E-state index is 14.0. The average Bonchev–Trinajstić information content (AvgIpc) is 2.46. The van der Waals surface area contributed by atoms with Gasteiger partial charge in [-0.15, -0.1) is 0 Å². The van der Waals surface area contributed by atoms with Crippen LogP contribution in [0.2, 0.25) is 0 Å². The first-order valence-electron chi connectivity index (χ1n) is 7.29. The number of benzene rings is 1. The smallest absolute Gasteiger partial charge is 0.223 e. The van der Waals surface area contributed by atoms with Crippen LogP contribution in [0.4, 0.5) is 10.3 Å². The fourth-order valence-corrected chi connectivity index (χ4v) is 2.02. The second kappa shape index (κ2) is 6.20. The van der Waals surface area contributed by atoms with Crippen molar-refractivity contribution >= 4 is 5.95 Å². The van der Waals surface area contributed by atoms with Crippen LogP contribution in [0.15, 0.2) is 30.5 Å². The van der Waals surface area contributed by atoms with Gasteiger partial charge in [0, 0.05) is 12.1 Å². The summed E-state index contributed by atoms with van der Waals surface area (Å²) >= 11 is 0. The number of aromatic nitrogens is 2. The Bertz CT molecular complexity index is 600. The zero-order valence-electron chi connectivity index (χ0n) is 13.1. The van der Waals surface area contributed by atoms with Crippen molar-refractivity contribution in [2.75, 3.05) is 11.9 Å². The van der Waals surface area contributed by atoms with E-state index >= 15 is 0 Å². The number of nitrogens with one attached hydrogen (secondary N) is 1. The molecule has 3 nitrogen and oxygen atoms in total.